The highest BCUT2D eigenvalue weighted by Gasteiger charge is 2.13. The zero-order chi connectivity index (χ0) is 12.1. The number of rotatable bonds is 5. The molecule has 0 N–H and O–H groups in total. The van der Waals surface area contributed by atoms with Gasteiger partial charge in [0.25, 0.3) is 0 Å². The molecule has 1 unspecified atom stereocenters. The Morgan fingerprint density at radius 3 is 2.81 bits per heavy atom. The Hall–Kier alpha value is -0.480. The molecule has 0 spiro atoms. The fourth-order valence-electron chi connectivity index (χ4n) is 1.51. The maximum Gasteiger partial charge on any atom is 0.152 e. The predicted octanol–water partition coefficient (Wildman–Crippen LogP) is 3.45. The van der Waals surface area contributed by atoms with Crippen LogP contribution in [0.1, 0.15) is 17.3 Å². The summed E-state index contributed by atoms with van der Waals surface area (Å²) in [4.78, 5) is 13.1. The molecule has 4 heteroatoms. The molecule has 88 valence electrons. The SMILES string of the molecule is CSCC(C)N(C)c1cc(Br)ccc1C=O. The highest BCUT2D eigenvalue weighted by molar-refractivity contribution is 9.10. The Morgan fingerprint density at radius 2 is 2.25 bits per heavy atom. The number of carbonyl (C=O) groups excluding carboxylic acids is 1. The van der Waals surface area contributed by atoms with Crippen LogP contribution in [0, 0.1) is 0 Å². The van der Waals surface area contributed by atoms with Crippen LogP contribution in [-0.4, -0.2) is 31.4 Å². The monoisotopic (exact) mass is 301 g/mol. The van der Waals surface area contributed by atoms with Crippen LogP contribution in [0.15, 0.2) is 22.7 Å². The second kappa shape index (κ2) is 6.30. The number of aldehydes is 1. The fourth-order valence-corrected chi connectivity index (χ4v) is 2.57. The summed E-state index contributed by atoms with van der Waals surface area (Å²) in [5.74, 6) is 1.04. The van der Waals surface area contributed by atoms with Gasteiger partial charge in [0.15, 0.2) is 6.29 Å². The second-order valence-electron chi connectivity index (χ2n) is 3.74. The van der Waals surface area contributed by atoms with Crippen molar-refractivity contribution in [3.63, 3.8) is 0 Å². The summed E-state index contributed by atoms with van der Waals surface area (Å²) in [6.45, 7) is 2.16. The summed E-state index contributed by atoms with van der Waals surface area (Å²) < 4.78 is 0.997. The Balaban J connectivity index is 3.00. The summed E-state index contributed by atoms with van der Waals surface area (Å²) >= 11 is 5.24. The van der Waals surface area contributed by atoms with E-state index in [0.717, 1.165) is 27.8 Å². The third-order valence-electron chi connectivity index (χ3n) is 2.57. The number of anilines is 1. The van der Waals surface area contributed by atoms with E-state index in [0.29, 0.717) is 6.04 Å². The van der Waals surface area contributed by atoms with Crippen LogP contribution in [0.3, 0.4) is 0 Å². The largest absolute Gasteiger partial charge is 0.370 e. The fraction of sp³-hybridized carbons (Fsp3) is 0.417. The molecule has 0 fully saturated rings. The zero-order valence-electron chi connectivity index (χ0n) is 9.74. The number of nitrogens with zero attached hydrogens (tertiary/aromatic N) is 1. The van der Waals surface area contributed by atoms with Crippen LogP contribution < -0.4 is 4.90 Å². The maximum atomic E-state index is 11.0. The van der Waals surface area contributed by atoms with E-state index in [2.05, 4.69) is 34.0 Å². The molecule has 0 saturated carbocycles. The molecule has 16 heavy (non-hydrogen) atoms. The lowest BCUT2D eigenvalue weighted by atomic mass is 10.1. The van der Waals surface area contributed by atoms with Gasteiger partial charge in [0, 0.05) is 34.6 Å². The van der Waals surface area contributed by atoms with Gasteiger partial charge in [-0.2, -0.15) is 11.8 Å². The van der Waals surface area contributed by atoms with Crippen molar-refractivity contribution in [2.75, 3.05) is 24.0 Å². The van der Waals surface area contributed by atoms with Gasteiger partial charge in [-0.25, -0.2) is 0 Å². The van der Waals surface area contributed by atoms with Gasteiger partial charge in [0.05, 0.1) is 0 Å². The maximum absolute atomic E-state index is 11.0. The number of carbonyl (C=O) groups is 1. The van der Waals surface area contributed by atoms with Gasteiger partial charge >= 0.3 is 0 Å². The first-order valence-corrected chi connectivity index (χ1v) is 7.25. The minimum Gasteiger partial charge on any atom is -0.370 e. The summed E-state index contributed by atoms with van der Waals surface area (Å²) in [5.41, 5.74) is 1.71. The van der Waals surface area contributed by atoms with Gasteiger partial charge in [-0.15, -0.1) is 0 Å². The lowest BCUT2D eigenvalue weighted by molar-refractivity contribution is 0.112. The van der Waals surface area contributed by atoms with E-state index in [1.165, 1.54) is 0 Å². The molecule has 0 saturated heterocycles. The molecule has 0 bridgehead atoms. The van der Waals surface area contributed by atoms with Crippen molar-refractivity contribution < 1.29 is 4.79 Å². The van der Waals surface area contributed by atoms with Gasteiger partial charge in [-0.05, 0) is 31.4 Å². The van der Waals surface area contributed by atoms with Crippen molar-refractivity contribution >= 4 is 39.7 Å². The molecule has 0 aliphatic carbocycles. The first kappa shape index (κ1) is 13.6. The van der Waals surface area contributed by atoms with Crippen molar-refractivity contribution in [1.82, 2.24) is 0 Å². The van der Waals surface area contributed by atoms with E-state index >= 15 is 0 Å². The molecule has 1 aromatic carbocycles. The molecule has 2 nitrogen and oxygen atoms in total. The van der Waals surface area contributed by atoms with E-state index in [-0.39, 0.29) is 0 Å². The van der Waals surface area contributed by atoms with Crippen LogP contribution >= 0.6 is 27.7 Å². The summed E-state index contributed by atoms with van der Waals surface area (Å²) in [7, 11) is 2.02. The molecule has 0 aromatic heterocycles. The van der Waals surface area contributed by atoms with Crippen LogP contribution in [0.5, 0.6) is 0 Å². The number of hydrogen-bond donors (Lipinski definition) is 0. The van der Waals surface area contributed by atoms with Crippen molar-refractivity contribution in [3.8, 4) is 0 Å². The van der Waals surface area contributed by atoms with E-state index in [1.807, 2.05) is 37.0 Å². The third kappa shape index (κ3) is 3.25. The number of hydrogen-bond acceptors (Lipinski definition) is 3. The van der Waals surface area contributed by atoms with E-state index < -0.39 is 0 Å². The molecule has 0 radical (unpaired) electrons. The van der Waals surface area contributed by atoms with E-state index in [4.69, 9.17) is 0 Å². The lowest BCUT2D eigenvalue weighted by Gasteiger charge is -2.27. The van der Waals surface area contributed by atoms with Gasteiger partial charge in [0.1, 0.15) is 0 Å². The summed E-state index contributed by atoms with van der Waals surface area (Å²) in [5, 5.41) is 0. The zero-order valence-corrected chi connectivity index (χ0v) is 12.1. The van der Waals surface area contributed by atoms with Gasteiger partial charge in [0.2, 0.25) is 0 Å². The Bertz CT molecular complexity index is 370. The highest BCUT2D eigenvalue weighted by Crippen LogP contribution is 2.25. The molecule has 0 aliphatic heterocycles. The second-order valence-corrected chi connectivity index (χ2v) is 5.56. The van der Waals surface area contributed by atoms with Gasteiger partial charge in [-0.1, -0.05) is 15.9 Å². The molecule has 1 atom stereocenters. The number of benzene rings is 1. The Labute approximate surface area is 110 Å². The Kier molecular flexibility index (Phi) is 5.35. The van der Waals surface area contributed by atoms with E-state index in [1.54, 1.807) is 0 Å². The quantitative estimate of drug-likeness (QED) is 0.777. The van der Waals surface area contributed by atoms with Crippen molar-refractivity contribution in [2.24, 2.45) is 0 Å². The highest BCUT2D eigenvalue weighted by atomic mass is 79.9. The Morgan fingerprint density at radius 1 is 1.56 bits per heavy atom. The van der Waals surface area contributed by atoms with Crippen molar-refractivity contribution in [2.45, 2.75) is 13.0 Å². The molecular weight excluding hydrogens is 286 g/mol. The summed E-state index contributed by atoms with van der Waals surface area (Å²) in [6, 6.07) is 6.12. The lowest BCUT2D eigenvalue weighted by Crippen LogP contribution is -2.31. The van der Waals surface area contributed by atoms with Crippen molar-refractivity contribution in [3.05, 3.63) is 28.2 Å². The van der Waals surface area contributed by atoms with Gasteiger partial charge in [-0.3, -0.25) is 4.79 Å². The number of thioether (sulfide) groups is 1. The van der Waals surface area contributed by atoms with Crippen LogP contribution in [-0.2, 0) is 0 Å². The molecule has 0 amide bonds. The third-order valence-corrected chi connectivity index (χ3v) is 3.88. The average molecular weight is 302 g/mol. The predicted molar refractivity (Wildman–Crippen MR) is 75.8 cm³/mol. The topological polar surface area (TPSA) is 20.3 Å². The minimum absolute atomic E-state index is 0.406. The molecule has 0 aliphatic rings. The smallest absolute Gasteiger partial charge is 0.152 e. The van der Waals surface area contributed by atoms with Crippen LogP contribution in [0.25, 0.3) is 0 Å². The normalized spacial score (nSPS) is 12.2. The van der Waals surface area contributed by atoms with E-state index in [9.17, 15) is 4.79 Å². The molecule has 1 rings (SSSR count). The first-order chi connectivity index (χ1) is 7.60. The minimum atomic E-state index is 0.406. The average Bonchev–Trinajstić information content (AvgIpc) is 2.28. The summed E-state index contributed by atoms with van der Waals surface area (Å²) in [6.07, 6.45) is 3.00. The molecule has 1 aromatic rings. The number of halogens is 1. The first-order valence-electron chi connectivity index (χ1n) is 5.06. The standard InChI is InChI=1S/C12H16BrNOS/c1-9(8-16-3)14(2)12-6-11(13)5-4-10(12)7-15/h4-7,9H,8H2,1-3H3. The molecular formula is C12H16BrNOS. The van der Waals surface area contributed by atoms with Crippen LogP contribution in [0.2, 0.25) is 0 Å². The van der Waals surface area contributed by atoms with Gasteiger partial charge < -0.3 is 4.90 Å². The molecule has 0 heterocycles. The van der Waals surface area contributed by atoms with Crippen LogP contribution in [0.4, 0.5) is 5.69 Å². The van der Waals surface area contributed by atoms with Crippen molar-refractivity contribution in [1.29, 1.82) is 0 Å².